The Hall–Kier alpha value is -3.71. The number of carbonyl (C=O) groups excluding carboxylic acids is 2. The van der Waals surface area contributed by atoms with E-state index < -0.39 is 0 Å². The third-order valence-electron chi connectivity index (χ3n) is 4.26. The summed E-state index contributed by atoms with van der Waals surface area (Å²) in [6.07, 6.45) is 5.27. The van der Waals surface area contributed by atoms with E-state index in [0.29, 0.717) is 40.1 Å². The van der Waals surface area contributed by atoms with Gasteiger partial charge in [-0.05, 0) is 60.5 Å². The van der Waals surface area contributed by atoms with Crippen LogP contribution in [0.2, 0.25) is 5.02 Å². The summed E-state index contributed by atoms with van der Waals surface area (Å²) in [7, 11) is 1.53. The molecule has 0 aliphatic carbocycles. The van der Waals surface area contributed by atoms with Crippen molar-refractivity contribution in [3.63, 3.8) is 0 Å². The molecule has 166 valence electrons. The quantitative estimate of drug-likeness (QED) is 0.409. The fourth-order valence-corrected chi connectivity index (χ4v) is 3.08. The molecular formula is C24H23ClN2O5. The van der Waals surface area contributed by atoms with Crippen molar-refractivity contribution in [2.75, 3.05) is 24.4 Å². The summed E-state index contributed by atoms with van der Waals surface area (Å²) in [5, 5.41) is 5.87. The van der Waals surface area contributed by atoms with Gasteiger partial charge < -0.3 is 24.5 Å². The highest BCUT2D eigenvalue weighted by Gasteiger charge is 2.12. The van der Waals surface area contributed by atoms with Crippen molar-refractivity contribution >= 4 is 40.9 Å². The number of anilines is 2. The van der Waals surface area contributed by atoms with Crippen LogP contribution in [-0.2, 0) is 4.79 Å². The van der Waals surface area contributed by atoms with Gasteiger partial charge in [0.15, 0.2) is 17.3 Å². The first kappa shape index (κ1) is 23.0. The van der Waals surface area contributed by atoms with Gasteiger partial charge in [-0.1, -0.05) is 24.6 Å². The molecule has 7 nitrogen and oxygen atoms in total. The van der Waals surface area contributed by atoms with Crippen LogP contribution in [0.5, 0.6) is 11.5 Å². The Bertz CT molecular complexity index is 1110. The SMILES string of the molecule is CCCOc1c(Cl)cc(/C=C/C(=O)Nc2cccc(NC(=O)c3ccco3)c2)cc1OC. The smallest absolute Gasteiger partial charge is 0.291 e. The van der Waals surface area contributed by atoms with Gasteiger partial charge in [0.05, 0.1) is 25.0 Å². The third kappa shape index (κ3) is 6.15. The Morgan fingerprint density at radius 2 is 1.88 bits per heavy atom. The van der Waals surface area contributed by atoms with Crippen molar-refractivity contribution < 1.29 is 23.5 Å². The highest BCUT2D eigenvalue weighted by atomic mass is 35.5. The van der Waals surface area contributed by atoms with E-state index in [2.05, 4.69) is 10.6 Å². The van der Waals surface area contributed by atoms with Crippen molar-refractivity contribution in [1.82, 2.24) is 0 Å². The van der Waals surface area contributed by atoms with Gasteiger partial charge in [-0.2, -0.15) is 0 Å². The zero-order valence-corrected chi connectivity index (χ0v) is 18.4. The summed E-state index contributed by atoms with van der Waals surface area (Å²) in [4.78, 5) is 24.5. The van der Waals surface area contributed by atoms with E-state index in [9.17, 15) is 9.59 Å². The summed E-state index contributed by atoms with van der Waals surface area (Å²) >= 11 is 6.31. The van der Waals surface area contributed by atoms with Crippen molar-refractivity contribution in [2.24, 2.45) is 0 Å². The molecule has 3 aromatic rings. The lowest BCUT2D eigenvalue weighted by atomic mass is 10.2. The number of rotatable bonds is 9. The summed E-state index contributed by atoms with van der Waals surface area (Å²) in [5.74, 6) is 0.441. The molecule has 0 spiro atoms. The number of methoxy groups -OCH3 is 1. The number of carbonyl (C=O) groups is 2. The highest BCUT2D eigenvalue weighted by molar-refractivity contribution is 6.32. The summed E-state index contributed by atoms with van der Waals surface area (Å²) in [6, 6.07) is 13.4. The van der Waals surface area contributed by atoms with Gasteiger partial charge in [-0.3, -0.25) is 9.59 Å². The second kappa shape index (κ2) is 11.1. The maximum atomic E-state index is 12.4. The third-order valence-corrected chi connectivity index (χ3v) is 4.54. The van der Waals surface area contributed by atoms with Crippen LogP contribution in [0.15, 0.2) is 65.3 Å². The van der Waals surface area contributed by atoms with Crippen molar-refractivity contribution in [1.29, 1.82) is 0 Å². The molecule has 0 fully saturated rings. The first-order valence-electron chi connectivity index (χ1n) is 9.94. The number of hydrogen-bond donors (Lipinski definition) is 2. The Labute approximate surface area is 191 Å². The molecule has 0 unspecified atom stereocenters. The van der Waals surface area contributed by atoms with Gasteiger partial charge in [0.1, 0.15) is 0 Å². The van der Waals surface area contributed by atoms with Crippen molar-refractivity contribution in [2.45, 2.75) is 13.3 Å². The van der Waals surface area contributed by atoms with Gasteiger partial charge >= 0.3 is 0 Å². The molecule has 2 N–H and O–H groups in total. The van der Waals surface area contributed by atoms with Crippen LogP contribution < -0.4 is 20.1 Å². The number of furan rings is 1. The number of hydrogen-bond acceptors (Lipinski definition) is 5. The topological polar surface area (TPSA) is 89.8 Å². The van der Waals surface area contributed by atoms with E-state index in [1.807, 2.05) is 6.92 Å². The zero-order chi connectivity index (χ0) is 22.9. The minimum Gasteiger partial charge on any atom is -0.493 e. The van der Waals surface area contributed by atoms with Crippen LogP contribution in [-0.4, -0.2) is 25.5 Å². The molecule has 1 heterocycles. The summed E-state index contributed by atoms with van der Waals surface area (Å²) in [6.45, 7) is 2.52. The molecule has 0 saturated carbocycles. The van der Waals surface area contributed by atoms with E-state index in [-0.39, 0.29) is 17.6 Å². The van der Waals surface area contributed by atoms with Crippen LogP contribution in [0.1, 0.15) is 29.5 Å². The molecule has 0 saturated heterocycles. The minimum absolute atomic E-state index is 0.197. The predicted molar refractivity (Wildman–Crippen MR) is 125 cm³/mol. The van der Waals surface area contributed by atoms with Crippen molar-refractivity contribution in [3.8, 4) is 11.5 Å². The number of halogens is 1. The fraction of sp³-hybridized carbons (Fsp3) is 0.167. The van der Waals surface area contributed by atoms with Crippen LogP contribution in [0.4, 0.5) is 11.4 Å². The van der Waals surface area contributed by atoms with E-state index in [0.717, 1.165) is 6.42 Å². The number of amides is 2. The molecule has 2 aromatic carbocycles. The van der Waals surface area contributed by atoms with Gasteiger partial charge in [0.2, 0.25) is 5.91 Å². The molecule has 0 radical (unpaired) electrons. The summed E-state index contributed by atoms with van der Waals surface area (Å²) < 4.78 is 16.1. The van der Waals surface area contributed by atoms with Crippen LogP contribution in [0.3, 0.4) is 0 Å². The molecule has 0 atom stereocenters. The molecule has 8 heteroatoms. The van der Waals surface area contributed by atoms with Crippen LogP contribution in [0, 0.1) is 0 Å². The first-order chi connectivity index (χ1) is 15.5. The minimum atomic E-state index is -0.379. The standard InChI is InChI=1S/C24H23ClN2O5/c1-3-11-32-23-19(25)13-16(14-21(23)30-2)9-10-22(28)26-17-6-4-7-18(15-17)27-24(29)20-8-5-12-31-20/h4-10,12-15H,3,11H2,1-2H3,(H,26,28)(H,27,29)/b10-9+. The van der Waals surface area contributed by atoms with Gasteiger partial charge in [0, 0.05) is 17.5 Å². The maximum absolute atomic E-state index is 12.4. The highest BCUT2D eigenvalue weighted by Crippen LogP contribution is 2.36. The van der Waals surface area contributed by atoms with Crippen LogP contribution in [0.25, 0.3) is 6.08 Å². The number of ether oxygens (including phenoxy) is 2. The van der Waals surface area contributed by atoms with E-state index in [1.165, 1.54) is 19.4 Å². The van der Waals surface area contributed by atoms with Gasteiger partial charge in [-0.25, -0.2) is 0 Å². The lowest BCUT2D eigenvalue weighted by molar-refractivity contribution is -0.111. The average Bonchev–Trinajstić information content (AvgIpc) is 3.32. The Kier molecular flexibility index (Phi) is 7.94. The lowest BCUT2D eigenvalue weighted by Gasteiger charge is -2.12. The van der Waals surface area contributed by atoms with Gasteiger partial charge in [-0.15, -0.1) is 0 Å². The molecule has 0 bridgehead atoms. The predicted octanol–water partition coefficient (Wildman–Crippen LogP) is 5.63. The second-order valence-electron chi connectivity index (χ2n) is 6.72. The zero-order valence-electron chi connectivity index (χ0n) is 17.7. The Morgan fingerprint density at radius 3 is 2.56 bits per heavy atom. The second-order valence-corrected chi connectivity index (χ2v) is 7.12. The van der Waals surface area contributed by atoms with E-state index >= 15 is 0 Å². The molecule has 0 aliphatic heterocycles. The summed E-state index contributed by atoms with van der Waals surface area (Å²) in [5.41, 5.74) is 1.73. The average molecular weight is 455 g/mol. The monoisotopic (exact) mass is 454 g/mol. The molecule has 3 rings (SSSR count). The molecular weight excluding hydrogens is 432 g/mol. The fourth-order valence-electron chi connectivity index (χ4n) is 2.81. The van der Waals surface area contributed by atoms with E-state index in [4.69, 9.17) is 25.5 Å². The molecule has 2 amide bonds. The Morgan fingerprint density at radius 1 is 1.09 bits per heavy atom. The van der Waals surface area contributed by atoms with E-state index in [1.54, 1.807) is 54.6 Å². The molecule has 1 aromatic heterocycles. The largest absolute Gasteiger partial charge is 0.493 e. The lowest BCUT2D eigenvalue weighted by Crippen LogP contribution is -2.12. The Balaban J connectivity index is 1.65. The number of nitrogens with one attached hydrogen (secondary N) is 2. The first-order valence-corrected chi connectivity index (χ1v) is 10.3. The van der Waals surface area contributed by atoms with Crippen LogP contribution >= 0.6 is 11.6 Å². The molecule has 0 aliphatic rings. The molecule has 32 heavy (non-hydrogen) atoms. The van der Waals surface area contributed by atoms with Gasteiger partial charge in [0.25, 0.3) is 5.91 Å². The number of benzene rings is 2. The normalized spacial score (nSPS) is 10.7. The van der Waals surface area contributed by atoms with Crippen molar-refractivity contribution in [3.05, 3.63) is 77.2 Å². The maximum Gasteiger partial charge on any atom is 0.291 e.